The van der Waals surface area contributed by atoms with Crippen molar-refractivity contribution in [3.63, 3.8) is 0 Å². The molecule has 0 fully saturated rings. The second-order valence-corrected chi connectivity index (χ2v) is 7.00. The van der Waals surface area contributed by atoms with Crippen molar-refractivity contribution in [2.24, 2.45) is 0 Å². The van der Waals surface area contributed by atoms with Crippen molar-refractivity contribution in [1.29, 1.82) is 0 Å². The lowest BCUT2D eigenvalue weighted by Gasteiger charge is -2.06. The second kappa shape index (κ2) is 9.74. The Kier molecular flexibility index (Phi) is 7.35. The number of ether oxygens (including phenoxy) is 1. The number of aryl methyl sites for hydroxylation is 1. The maximum Gasteiger partial charge on any atom is 0.335 e. The Bertz CT molecular complexity index is 742. The SMILES string of the molecule is O=C(CS(=O)Cc1cccc(C(=O)O)c1)OCCCc1ccccc1. The minimum atomic E-state index is -1.43. The van der Waals surface area contributed by atoms with E-state index in [4.69, 9.17) is 9.84 Å². The van der Waals surface area contributed by atoms with Gasteiger partial charge >= 0.3 is 11.9 Å². The summed E-state index contributed by atoms with van der Waals surface area (Å²) in [6.07, 6.45) is 1.53. The van der Waals surface area contributed by atoms with E-state index in [1.54, 1.807) is 12.1 Å². The summed E-state index contributed by atoms with van der Waals surface area (Å²) >= 11 is 0. The Hall–Kier alpha value is -2.47. The molecule has 1 unspecified atom stereocenters. The summed E-state index contributed by atoms with van der Waals surface area (Å²) in [5, 5.41) is 8.94. The largest absolute Gasteiger partial charge is 0.478 e. The molecule has 5 nitrogen and oxygen atoms in total. The fourth-order valence-corrected chi connectivity index (χ4v) is 3.31. The van der Waals surface area contributed by atoms with E-state index in [1.807, 2.05) is 30.3 Å². The molecule has 1 N–H and O–H groups in total. The average Bonchev–Trinajstić information content (AvgIpc) is 2.59. The van der Waals surface area contributed by atoms with Crippen molar-refractivity contribution in [2.75, 3.05) is 12.4 Å². The van der Waals surface area contributed by atoms with E-state index in [0.717, 1.165) is 6.42 Å². The van der Waals surface area contributed by atoms with Crippen molar-refractivity contribution in [3.8, 4) is 0 Å². The van der Waals surface area contributed by atoms with Gasteiger partial charge in [-0.25, -0.2) is 4.79 Å². The van der Waals surface area contributed by atoms with Crippen LogP contribution in [0.4, 0.5) is 0 Å². The van der Waals surface area contributed by atoms with Gasteiger partial charge in [0.25, 0.3) is 0 Å². The van der Waals surface area contributed by atoms with Crippen LogP contribution in [0.15, 0.2) is 54.6 Å². The third-order valence-corrected chi connectivity index (χ3v) is 4.71. The number of carboxylic acid groups (broad SMARTS) is 1. The van der Waals surface area contributed by atoms with E-state index in [1.165, 1.54) is 17.7 Å². The molecule has 2 aromatic carbocycles. The van der Waals surface area contributed by atoms with Crippen LogP contribution in [0, 0.1) is 0 Å². The molecule has 0 spiro atoms. The van der Waals surface area contributed by atoms with Gasteiger partial charge in [0.1, 0.15) is 5.75 Å². The number of rotatable bonds is 9. The molecule has 0 saturated heterocycles. The van der Waals surface area contributed by atoms with Gasteiger partial charge in [0.2, 0.25) is 0 Å². The quantitative estimate of drug-likeness (QED) is 0.549. The van der Waals surface area contributed by atoms with Crippen LogP contribution in [0.3, 0.4) is 0 Å². The molecule has 1 atom stereocenters. The molecule has 0 aliphatic heterocycles. The minimum absolute atomic E-state index is 0.125. The summed E-state index contributed by atoms with van der Waals surface area (Å²) in [6.45, 7) is 0.291. The molecular weight excluding hydrogens is 340 g/mol. The smallest absolute Gasteiger partial charge is 0.335 e. The first kappa shape index (κ1) is 18.9. The molecule has 0 aromatic heterocycles. The highest BCUT2D eigenvalue weighted by atomic mass is 32.2. The van der Waals surface area contributed by atoms with Gasteiger partial charge in [-0.2, -0.15) is 0 Å². The van der Waals surface area contributed by atoms with Crippen LogP contribution in [0.2, 0.25) is 0 Å². The van der Waals surface area contributed by atoms with Gasteiger partial charge in [0, 0.05) is 16.6 Å². The molecule has 6 heteroatoms. The first-order valence-electron chi connectivity index (χ1n) is 7.91. The standard InChI is InChI=1S/C19H20O5S/c20-18(24-11-5-9-15-6-2-1-3-7-15)14-25(23)13-16-8-4-10-17(12-16)19(21)22/h1-4,6-8,10,12H,5,9,11,13-14H2,(H,21,22). The highest BCUT2D eigenvalue weighted by molar-refractivity contribution is 7.84. The van der Waals surface area contributed by atoms with Crippen molar-refractivity contribution >= 4 is 22.7 Å². The van der Waals surface area contributed by atoms with E-state index in [9.17, 15) is 13.8 Å². The van der Waals surface area contributed by atoms with E-state index < -0.39 is 22.7 Å². The fraction of sp³-hybridized carbons (Fsp3) is 0.263. The Labute approximate surface area is 149 Å². The van der Waals surface area contributed by atoms with Gasteiger partial charge < -0.3 is 9.84 Å². The second-order valence-electron chi connectivity index (χ2n) is 5.54. The molecule has 132 valence electrons. The van der Waals surface area contributed by atoms with Gasteiger partial charge in [-0.1, -0.05) is 42.5 Å². The van der Waals surface area contributed by atoms with Crippen LogP contribution in [-0.4, -0.2) is 33.6 Å². The van der Waals surface area contributed by atoms with E-state index in [2.05, 4.69) is 0 Å². The molecule has 0 saturated carbocycles. The molecule has 0 heterocycles. The number of benzene rings is 2. The van der Waals surface area contributed by atoms with E-state index in [-0.39, 0.29) is 17.1 Å². The Morgan fingerprint density at radius 2 is 1.72 bits per heavy atom. The Balaban J connectivity index is 1.70. The van der Waals surface area contributed by atoms with Crippen LogP contribution in [0.5, 0.6) is 0 Å². The van der Waals surface area contributed by atoms with Crippen molar-refractivity contribution < 1.29 is 23.6 Å². The lowest BCUT2D eigenvalue weighted by molar-refractivity contribution is -0.140. The summed E-state index contributed by atoms with van der Waals surface area (Å²) in [4.78, 5) is 22.6. The Morgan fingerprint density at radius 3 is 2.44 bits per heavy atom. The highest BCUT2D eigenvalue weighted by Crippen LogP contribution is 2.08. The average molecular weight is 360 g/mol. The normalized spacial score (nSPS) is 11.7. The molecule has 2 rings (SSSR count). The third-order valence-electron chi connectivity index (χ3n) is 3.50. The molecule has 0 radical (unpaired) electrons. The van der Waals surface area contributed by atoms with E-state index >= 15 is 0 Å². The molecule has 0 amide bonds. The molecule has 2 aromatic rings. The summed E-state index contributed by atoms with van der Waals surface area (Å²) in [6, 6.07) is 16.1. The van der Waals surface area contributed by atoms with Crippen molar-refractivity contribution in [2.45, 2.75) is 18.6 Å². The first-order valence-corrected chi connectivity index (χ1v) is 9.40. The zero-order valence-electron chi connectivity index (χ0n) is 13.7. The van der Waals surface area contributed by atoms with Gasteiger partial charge in [-0.05, 0) is 36.1 Å². The number of aromatic carboxylic acids is 1. The maximum atomic E-state index is 12.0. The number of esters is 1. The summed E-state index contributed by atoms with van der Waals surface area (Å²) in [7, 11) is -1.43. The Morgan fingerprint density at radius 1 is 1.00 bits per heavy atom. The molecular formula is C19H20O5S. The number of hydrogen-bond donors (Lipinski definition) is 1. The van der Waals surface area contributed by atoms with E-state index in [0.29, 0.717) is 18.6 Å². The monoisotopic (exact) mass is 360 g/mol. The van der Waals surface area contributed by atoms with Gasteiger partial charge in [0.05, 0.1) is 12.2 Å². The zero-order chi connectivity index (χ0) is 18.1. The topological polar surface area (TPSA) is 80.7 Å². The first-order chi connectivity index (χ1) is 12.0. The van der Waals surface area contributed by atoms with Gasteiger partial charge in [-0.15, -0.1) is 0 Å². The van der Waals surface area contributed by atoms with Crippen LogP contribution in [-0.2, 0) is 32.5 Å². The fourth-order valence-electron chi connectivity index (χ4n) is 2.31. The molecule has 0 bridgehead atoms. The van der Waals surface area contributed by atoms with Crippen LogP contribution >= 0.6 is 0 Å². The number of carbonyl (C=O) groups excluding carboxylic acids is 1. The lowest BCUT2D eigenvalue weighted by Crippen LogP contribution is -2.16. The van der Waals surface area contributed by atoms with Crippen LogP contribution < -0.4 is 0 Å². The van der Waals surface area contributed by atoms with Crippen molar-refractivity contribution in [1.82, 2.24) is 0 Å². The maximum absolute atomic E-state index is 12.0. The third kappa shape index (κ3) is 6.89. The molecule has 0 aliphatic rings. The minimum Gasteiger partial charge on any atom is -0.478 e. The van der Waals surface area contributed by atoms with Gasteiger partial charge in [-0.3, -0.25) is 9.00 Å². The number of hydrogen-bond acceptors (Lipinski definition) is 4. The number of carboxylic acids is 1. The predicted octanol–water partition coefficient (Wildman–Crippen LogP) is 2.81. The predicted molar refractivity (Wildman–Crippen MR) is 95.8 cm³/mol. The summed E-state index contributed by atoms with van der Waals surface area (Å²) < 4.78 is 17.1. The van der Waals surface area contributed by atoms with Crippen LogP contribution in [0.1, 0.15) is 27.9 Å². The zero-order valence-corrected chi connectivity index (χ0v) is 14.5. The molecule has 25 heavy (non-hydrogen) atoms. The summed E-state index contributed by atoms with van der Waals surface area (Å²) in [5.41, 5.74) is 1.94. The lowest BCUT2D eigenvalue weighted by atomic mass is 10.1. The molecule has 0 aliphatic carbocycles. The number of carbonyl (C=O) groups is 2. The van der Waals surface area contributed by atoms with Gasteiger partial charge in [0.15, 0.2) is 0 Å². The van der Waals surface area contributed by atoms with Crippen molar-refractivity contribution in [3.05, 3.63) is 71.3 Å². The van der Waals surface area contributed by atoms with Crippen LogP contribution in [0.25, 0.3) is 0 Å². The summed E-state index contributed by atoms with van der Waals surface area (Å²) in [5.74, 6) is -1.60. The highest BCUT2D eigenvalue weighted by Gasteiger charge is 2.11.